The smallest absolute Gasteiger partial charge is 0.191 e. The zero-order valence-corrected chi connectivity index (χ0v) is 21.0. The minimum Gasteiger partial charge on any atom is -0.364 e. The highest BCUT2D eigenvalue weighted by Gasteiger charge is 2.09. The summed E-state index contributed by atoms with van der Waals surface area (Å²) in [5.74, 6) is 0.908. The van der Waals surface area contributed by atoms with Crippen molar-refractivity contribution in [1.29, 1.82) is 0 Å². The van der Waals surface area contributed by atoms with Gasteiger partial charge in [-0.15, -0.1) is 24.0 Å². The van der Waals surface area contributed by atoms with E-state index in [0.717, 1.165) is 45.1 Å². The zero-order chi connectivity index (χ0) is 20.2. The van der Waals surface area contributed by atoms with E-state index in [1.54, 1.807) is 0 Å². The molecular weight excluding hydrogens is 473 g/mol. The number of rotatable bonds is 11. The van der Waals surface area contributed by atoms with Crippen LogP contribution in [0.2, 0.25) is 0 Å². The van der Waals surface area contributed by atoms with E-state index in [2.05, 4.69) is 84.5 Å². The number of anilines is 1. The number of guanidine groups is 1. The Kier molecular flexibility index (Phi) is 13.0. The molecule has 6 heteroatoms. The van der Waals surface area contributed by atoms with Crippen LogP contribution in [0, 0.1) is 0 Å². The Morgan fingerprint density at radius 2 is 1.90 bits per heavy atom. The molecule has 0 aliphatic carbocycles. The quantitative estimate of drug-likeness (QED) is 0.201. The largest absolute Gasteiger partial charge is 0.364 e. The first-order chi connectivity index (χ1) is 13.7. The first-order valence-electron chi connectivity index (χ1n) is 10.9. The van der Waals surface area contributed by atoms with Crippen molar-refractivity contribution in [2.24, 2.45) is 4.99 Å². The van der Waals surface area contributed by atoms with Gasteiger partial charge in [0.25, 0.3) is 0 Å². The van der Waals surface area contributed by atoms with Crippen LogP contribution in [0.4, 0.5) is 5.69 Å². The van der Waals surface area contributed by atoms with E-state index in [0.29, 0.717) is 12.6 Å². The summed E-state index contributed by atoms with van der Waals surface area (Å²) >= 11 is 0. The van der Waals surface area contributed by atoms with Gasteiger partial charge in [0.2, 0.25) is 0 Å². The second-order valence-electron chi connectivity index (χ2n) is 7.46. The Morgan fingerprint density at radius 1 is 1.17 bits per heavy atom. The van der Waals surface area contributed by atoms with Crippen LogP contribution in [0.25, 0.3) is 0 Å². The minimum absolute atomic E-state index is 0. The number of hydrogen-bond donors (Lipinski definition) is 2. The molecule has 2 N–H and O–H groups in total. The maximum atomic E-state index is 4.82. The van der Waals surface area contributed by atoms with E-state index >= 15 is 0 Å². The lowest BCUT2D eigenvalue weighted by molar-refractivity contribution is 0.292. The van der Waals surface area contributed by atoms with Crippen molar-refractivity contribution in [3.05, 3.63) is 42.0 Å². The Hall–Kier alpha value is -1.28. The molecule has 0 fully saturated rings. The van der Waals surface area contributed by atoms with Gasteiger partial charge in [-0.05, 0) is 64.0 Å². The molecule has 1 aromatic rings. The fourth-order valence-corrected chi connectivity index (χ4v) is 3.50. The second kappa shape index (κ2) is 14.7. The molecule has 1 heterocycles. The van der Waals surface area contributed by atoms with Gasteiger partial charge in [-0.25, -0.2) is 4.99 Å². The van der Waals surface area contributed by atoms with Gasteiger partial charge in [-0.1, -0.05) is 38.1 Å². The number of halogens is 1. The molecule has 1 unspecified atom stereocenters. The highest BCUT2D eigenvalue weighted by atomic mass is 127. The van der Waals surface area contributed by atoms with Crippen LogP contribution in [0.5, 0.6) is 0 Å². The van der Waals surface area contributed by atoms with Crippen molar-refractivity contribution in [3.63, 3.8) is 0 Å². The predicted octanol–water partition coefficient (Wildman–Crippen LogP) is 4.25. The first kappa shape index (κ1) is 25.8. The summed E-state index contributed by atoms with van der Waals surface area (Å²) in [6.45, 7) is 15.8. The fraction of sp³-hybridized carbons (Fsp3) is 0.609. The lowest BCUT2D eigenvalue weighted by Gasteiger charge is -2.21. The lowest BCUT2D eigenvalue weighted by Crippen LogP contribution is -2.42. The normalized spacial score (nSPS) is 14.8. The molecule has 5 nitrogen and oxygen atoms in total. The summed E-state index contributed by atoms with van der Waals surface area (Å²) in [5.41, 5.74) is 2.52. The highest BCUT2D eigenvalue weighted by molar-refractivity contribution is 14.0. The molecule has 0 saturated heterocycles. The molecule has 164 valence electrons. The maximum Gasteiger partial charge on any atom is 0.191 e. The van der Waals surface area contributed by atoms with Crippen LogP contribution in [0.1, 0.15) is 46.1 Å². The molecular formula is C23H40IN5. The topological polar surface area (TPSA) is 42.9 Å². The molecule has 0 radical (unpaired) electrons. The molecule has 2 rings (SSSR count). The third-order valence-corrected chi connectivity index (χ3v) is 5.25. The Balaban J connectivity index is 0.00000420. The predicted molar refractivity (Wildman–Crippen MR) is 138 cm³/mol. The lowest BCUT2D eigenvalue weighted by atomic mass is 10.1. The van der Waals surface area contributed by atoms with Crippen molar-refractivity contribution in [3.8, 4) is 0 Å². The van der Waals surface area contributed by atoms with E-state index in [1.165, 1.54) is 24.2 Å². The number of benzene rings is 1. The summed E-state index contributed by atoms with van der Waals surface area (Å²) in [4.78, 5) is 9.67. The van der Waals surface area contributed by atoms with E-state index in [4.69, 9.17) is 4.99 Å². The van der Waals surface area contributed by atoms with Gasteiger partial charge in [0.15, 0.2) is 5.96 Å². The molecule has 1 aliphatic heterocycles. The van der Waals surface area contributed by atoms with Crippen molar-refractivity contribution in [2.75, 3.05) is 44.2 Å². The molecule has 0 aromatic heterocycles. The zero-order valence-electron chi connectivity index (χ0n) is 18.7. The molecule has 1 atom stereocenters. The van der Waals surface area contributed by atoms with Crippen LogP contribution in [0.3, 0.4) is 0 Å². The molecule has 0 bridgehead atoms. The number of nitrogens with one attached hydrogen (secondary N) is 2. The molecule has 1 aliphatic rings. The van der Waals surface area contributed by atoms with Gasteiger partial charge in [0, 0.05) is 31.4 Å². The van der Waals surface area contributed by atoms with Crippen LogP contribution in [-0.2, 0) is 6.54 Å². The van der Waals surface area contributed by atoms with Gasteiger partial charge in [-0.2, -0.15) is 0 Å². The Labute approximate surface area is 195 Å². The summed E-state index contributed by atoms with van der Waals surface area (Å²) in [6, 6.07) is 9.15. The first-order valence-corrected chi connectivity index (χ1v) is 10.9. The molecule has 0 saturated carbocycles. The van der Waals surface area contributed by atoms with Crippen LogP contribution < -0.4 is 15.5 Å². The van der Waals surface area contributed by atoms with E-state index < -0.39 is 0 Å². The van der Waals surface area contributed by atoms with Crippen molar-refractivity contribution in [1.82, 2.24) is 15.5 Å². The Morgan fingerprint density at radius 3 is 2.55 bits per heavy atom. The second-order valence-corrected chi connectivity index (χ2v) is 7.46. The molecule has 0 amide bonds. The average Bonchev–Trinajstić information content (AvgIpc) is 3.25. The maximum absolute atomic E-state index is 4.82. The van der Waals surface area contributed by atoms with E-state index in [9.17, 15) is 0 Å². The van der Waals surface area contributed by atoms with E-state index in [1.807, 2.05) is 0 Å². The van der Waals surface area contributed by atoms with Gasteiger partial charge < -0.3 is 20.4 Å². The van der Waals surface area contributed by atoms with Gasteiger partial charge in [0.1, 0.15) is 0 Å². The van der Waals surface area contributed by atoms with Gasteiger partial charge >= 0.3 is 0 Å². The minimum atomic E-state index is 0. The summed E-state index contributed by atoms with van der Waals surface area (Å²) in [5, 5.41) is 6.95. The summed E-state index contributed by atoms with van der Waals surface area (Å²) in [6.07, 6.45) is 6.80. The third kappa shape index (κ3) is 9.38. The van der Waals surface area contributed by atoms with Crippen molar-refractivity contribution >= 4 is 35.6 Å². The molecule has 29 heavy (non-hydrogen) atoms. The Bertz CT molecular complexity index is 619. The standard InChI is InChI=1S/C23H39N5.HI/c1-5-24-23(26-20(4)12-11-15-27(6-2)7-3)25-19-21-13-10-14-22(18-21)28-16-8-9-17-28;/h8-10,13-14,18,20H,5-7,11-12,15-17,19H2,1-4H3,(H2,24,25,26);1H. The fourth-order valence-electron chi connectivity index (χ4n) is 3.50. The van der Waals surface area contributed by atoms with Gasteiger partial charge in [0.05, 0.1) is 6.54 Å². The molecule has 0 spiro atoms. The third-order valence-electron chi connectivity index (χ3n) is 5.25. The summed E-state index contributed by atoms with van der Waals surface area (Å²) in [7, 11) is 0. The van der Waals surface area contributed by atoms with Crippen LogP contribution >= 0.6 is 24.0 Å². The monoisotopic (exact) mass is 513 g/mol. The van der Waals surface area contributed by atoms with Crippen LogP contribution in [0.15, 0.2) is 41.4 Å². The van der Waals surface area contributed by atoms with Crippen molar-refractivity contribution < 1.29 is 0 Å². The van der Waals surface area contributed by atoms with Crippen LogP contribution in [-0.4, -0.2) is 56.2 Å². The van der Waals surface area contributed by atoms with Gasteiger partial charge in [-0.3, -0.25) is 0 Å². The van der Waals surface area contributed by atoms with Crippen molar-refractivity contribution in [2.45, 2.75) is 53.1 Å². The number of aliphatic imine (C=N–C) groups is 1. The summed E-state index contributed by atoms with van der Waals surface area (Å²) < 4.78 is 0. The number of nitrogens with zero attached hydrogens (tertiary/aromatic N) is 3. The van der Waals surface area contributed by atoms with E-state index in [-0.39, 0.29) is 24.0 Å². The highest BCUT2D eigenvalue weighted by Crippen LogP contribution is 2.18. The number of hydrogen-bond acceptors (Lipinski definition) is 3. The SMILES string of the molecule is CCNC(=NCc1cccc(N2CC=CC2)c1)NC(C)CCCN(CC)CC.I. The molecule has 1 aromatic carbocycles. The average molecular weight is 514 g/mol.